The summed E-state index contributed by atoms with van der Waals surface area (Å²) in [5.41, 5.74) is 21.6. The summed E-state index contributed by atoms with van der Waals surface area (Å²) in [5.74, 6) is -4.69. The van der Waals surface area contributed by atoms with Crippen molar-refractivity contribution in [1.29, 1.82) is 0 Å². The predicted molar refractivity (Wildman–Crippen MR) is 130 cm³/mol. The molecule has 2 rings (SSSR count). The van der Waals surface area contributed by atoms with E-state index in [4.69, 9.17) is 22.9 Å². The zero-order valence-corrected chi connectivity index (χ0v) is 20.2. The molecular weight excluding hydrogens is 508 g/mol. The van der Waals surface area contributed by atoms with Crippen LogP contribution in [-0.4, -0.2) is 103 Å². The van der Waals surface area contributed by atoms with E-state index in [-0.39, 0.29) is 18.9 Å². The summed E-state index contributed by atoms with van der Waals surface area (Å²) in [6, 6.07) is -7.50. The Hall–Kier alpha value is -4.49. The van der Waals surface area contributed by atoms with Crippen LogP contribution in [0.1, 0.15) is 6.42 Å². The van der Waals surface area contributed by atoms with Gasteiger partial charge in [-0.3, -0.25) is 29.0 Å². The van der Waals surface area contributed by atoms with Gasteiger partial charge in [0.05, 0.1) is 12.6 Å². The molecule has 0 bridgehead atoms. The van der Waals surface area contributed by atoms with Gasteiger partial charge >= 0.3 is 6.03 Å². The molecule has 38 heavy (non-hydrogen) atoms. The first-order valence-corrected chi connectivity index (χ1v) is 11.4. The highest BCUT2D eigenvalue weighted by molar-refractivity contribution is 6.02. The first-order chi connectivity index (χ1) is 18.0. The summed E-state index contributed by atoms with van der Waals surface area (Å²) in [6.45, 7) is -1.50. The maximum absolute atomic E-state index is 13.1. The average Bonchev–Trinajstić information content (AvgIpc) is 2.88. The molecular formula is C19H32N12O7. The molecule has 0 saturated carbocycles. The predicted octanol–water partition coefficient (Wildman–Crippen LogP) is -7.85. The van der Waals surface area contributed by atoms with Crippen LogP contribution in [0.25, 0.3) is 0 Å². The quantitative estimate of drug-likeness (QED) is 0.148. The van der Waals surface area contributed by atoms with Crippen LogP contribution in [0.5, 0.6) is 0 Å². The fraction of sp³-hybridized carbons (Fsp3) is 0.526. The standard InChI is InChI=1S/C19H32N12O7/c20-3-9-14(34)28-10(5-26-19(23)38)15(35)31-12(8-1-2-24-18(22)30-8)17(37)25-4-7(21)13(33)29-11(6-32)16(36)27-9/h5,7-9,11-12,32H,1-4,6,20-21H2,(H,25,37)(H,27,36)(H,28,34)(H,29,33)(H,31,35)(H3,22,24,30)(H3,23,26,38). The summed E-state index contributed by atoms with van der Waals surface area (Å²) < 4.78 is 0. The second kappa shape index (κ2) is 13.7. The summed E-state index contributed by atoms with van der Waals surface area (Å²) >= 11 is 0. The second-order valence-electron chi connectivity index (χ2n) is 8.21. The van der Waals surface area contributed by atoms with Gasteiger partial charge in [-0.2, -0.15) is 0 Å². The fourth-order valence-electron chi connectivity index (χ4n) is 3.36. The highest BCUT2D eigenvalue weighted by Crippen LogP contribution is 2.06. The first-order valence-electron chi connectivity index (χ1n) is 11.4. The van der Waals surface area contributed by atoms with Crippen molar-refractivity contribution in [2.24, 2.45) is 27.9 Å². The van der Waals surface area contributed by atoms with Crippen LogP contribution < -0.4 is 60.2 Å². The number of hydrogen-bond donors (Lipinski definition) is 12. The first kappa shape index (κ1) is 29.7. The third kappa shape index (κ3) is 8.28. The van der Waals surface area contributed by atoms with Gasteiger partial charge in [-0.05, 0) is 6.42 Å². The van der Waals surface area contributed by atoms with Crippen molar-refractivity contribution in [2.75, 3.05) is 26.2 Å². The molecule has 5 unspecified atom stereocenters. The summed E-state index contributed by atoms with van der Waals surface area (Å²) in [7, 11) is 0. The van der Waals surface area contributed by atoms with Gasteiger partial charge in [-0.25, -0.2) is 4.79 Å². The monoisotopic (exact) mass is 540 g/mol. The topological polar surface area (TPSA) is 323 Å². The van der Waals surface area contributed by atoms with Crippen molar-refractivity contribution in [3.63, 3.8) is 0 Å². The minimum Gasteiger partial charge on any atom is -0.394 e. The smallest absolute Gasteiger partial charge is 0.316 e. The fourth-order valence-corrected chi connectivity index (χ4v) is 3.36. The molecule has 0 aromatic heterocycles. The van der Waals surface area contributed by atoms with E-state index in [2.05, 4.69) is 36.9 Å². The largest absolute Gasteiger partial charge is 0.394 e. The number of nitrogens with one attached hydrogen (secondary N) is 7. The van der Waals surface area contributed by atoms with Crippen LogP contribution in [-0.2, 0) is 24.0 Å². The molecule has 19 heteroatoms. The highest BCUT2D eigenvalue weighted by atomic mass is 16.3. The van der Waals surface area contributed by atoms with Crippen LogP contribution in [0.2, 0.25) is 0 Å². The number of urea groups is 1. The minimum atomic E-state index is -1.52. The van der Waals surface area contributed by atoms with E-state index in [1.165, 1.54) is 0 Å². The molecule has 210 valence electrons. The van der Waals surface area contributed by atoms with Gasteiger partial charge in [-0.1, -0.05) is 0 Å². The number of nitrogens with zero attached hydrogens (tertiary/aromatic N) is 1. The number of amides is 7. The van der Waals surface area contributed by atoms with Gasteiger partial charge in [0, 0.05) is 25.8 Å². The maximum Gasteiger partial charge on any atom is 0.316 e. The van der Waals surface area contributed by atoms with Crippen LogP contribution in [0.3, 0.4) is 0 Å². The van der Waals surface area contributed by atoms with Crippen molar-refractivity contribution < 1.29 is 33.9 Å². The molecule has 0 aliphatic carbocycles. The SMILES string of the molecule is NCC1NC(=O)C(CO)NC(=O)C(N)CNC(=O)C(C2CCN=C(N)N2)NC(=O)C(=CNC(N)=O)NC1=O. The lowest BCUT2D eigenvalue weighted by atomic mass is 10.0. The number of carbonyl (C=O) groups excluding carboxylic acids is 6. The van der Waals surface area contributed by atoms with Gasteiger partial charge in [0.15, 0.2) is 5.96 Å². The van der Waals surface area contributed by atoms with Crippen molar-refractivity contribution in [1.82, 2.24) is 37.2 Å². The summed E-state index contributed by atoms with van der Waals surface area (Å²) in [6.07, 6.45) is 1.04. The Morgan fingerprint density at radius 2 is 1.71 bits per heavy atom. The third-order valence-corrected chi connectivity index (χ3v) is 5.41. The number of aliphatic imine (C=N–C) groups is 1. The van der Waals surface area contributed by atoms with E-state index < -0.39 is 91.2 Å². The molecule has 5 atom stereocenters. The maximum atomic E-state index is 13.1. The second-order valence-corrected chi connectivity index (χ2v) is 8.21. The van der Waals surface area contributed by atoms with E-state index in [0.717, 1.165) is 6.20 Å². The Bertz CT molecular complexity index is 1020. The van der Waals surface area contributed by atoms with Gasteiger partial charge in [-0.15, -0.1) is 0 Å². The molecule has 7 amide bonds. The highest BCUT2D eigenvalue weighted by Gasteiger charge is 2.34. The zero-order chi connectivity index (χ0) is 28.4. The molecule has 19 nitrogen and oxygen atoms in total. The van der Waals surface area contributed by atoms with Crippen molar-refractivity contribution in [2.45, 2.75) is 36.6 Å². The Labute approximate surface area is 215 Å². The molecule has 0 aromatic rings. The number of aliphatic hydroxyl groups excluding tert-OH is 1. The Balaban J connectivity index is 2.46. The number of hydrogen-bond acceptors (Lipinski definition) is 12. The molecule has 2 aliphatic rings. The van der Waals surface area contributed by atoms with Crippen LogP contribution in [0.4, 0.5) is 4.79 Å². The Morgan fingerprint density at radius 3 is 2.32 bits per heavy atom. The van der Waals surface area contributed by atoms with Crippen LogP contribution in [0.15, 0.2) is 16.9 Å². The van der Waals surface area contributed by atoms with Crippen LogP contribution in [0, 0.1) is 0 Å². The number of nitrogens with two attached hydrogens (primary N) is 4. The lowest BCUT2D eigenvalue weighted by molar-refractivity contribution is -0.133. The van der Waals surface area contributed by atoms with Gasteiger partial charge < -0.3 is 65.3 Å². The average molecular weight is 541 g/mol. The van der Waals surface area contributed by atoms with Gasteiger partial charge in [0.2, 0.25) is 23.6 Å². The van der Waals surface area contributed by atoms with E-state index >= 15 is 0 Å². The van der Waals surface area contributed by atoms with Crippen molar-refractivity contribution >= 4 is 41.5 Å². The number of rotatable bonds is 4. The molecule has 2 heterocycles. The number of guanidine groups is 1. The molecule has 0 spiro atoms. The minimum absolute atomic E-state index is 0.0163. The van der Waals surface area contributed by atoms with Crippen molar-refractivity contribution in [3.05, 3.63) is 11.9 Å². The molecule has 0 aromatic carbocycles. The van der Waals surface area contributed by atoms with Gasteiger partial charge in [0.25, 0.3) is 5.91 Å². The summed E-state index contributed by atoms with van der Waals surface area (Å²) in [4.78, 5) is 79.2. The van der Waals surface area contributed by atoms with E-state index in [9.17, 15) is 33.9 Å². The molecule has 1 saturated heterocycles. The van der Waals surface area contributed by atoms with E-state index in [0.29, 0.717) is 0 Å². The normalized spacial score (nSPS) is 29.0. The van der Waals surface area contributed by atoms with E-state index in [1.807, 2.05) is 5.32 Å². The lowest BCUT2D eigenvalue weighted by Gasteiger charge is -2.31. The number of aliphatic hydroxyl groups is 1. The Kier molecular flexibility index (Phi) is 10.7. The van der Waals surface area contributed by atoms with E-state index in [1.54, 1.807) is 0 Å². The molecule has 0 radical (unpaired) electrons. The van der Waals surface area contributed by atoms with Crippen LogP contribution >= 0.6 is 0 Å². The summed E-state index contributed by atoms with van der Waals surface area (Å²) in [5, 5.41) is 25.9. The molecule has 2 aliphatic heterocycles. The zero-order valence-electron chi connectivity index (χ0n) is 20.2. The number of primary amides is 1. The molecule has 16 N–H and O–H groups in total. The third-order valence-electron chi connectivity index (χ3n) is 5.41. The van der Waals surface area contributed by atoms with Crippen molar-refractivity contribution in [3.8, 4) is 0 Å². The molecule has 1 fully saturated rings. The number of carbonyl (C=O) groups is 6. The Morgan fingerprint density at radius 1 is 1.03 bits per heavy atom. The lowest BCUT2D eigenvalue weighted by Crippen LogP contribution is -2.64. The van der Waals surface area contributed by atoms with Gasteiger partial charge in [0.1, 0.15) is 29.9 Å².